The zero-order chi connectivity index (χ0) is 22.0. The number of carbonyl (C=O) groups is 2. The van der Waals surface area contributed by atoms with Crippen LogP contribution in [-0.4, -0.2) is 22.2 Å². The molecule has 4 nitrogen and oxygen atoms in total. The van der Waals surface area contributed by atoms with Crippen molar-refractivity contribution in [1.82, 2.24) is 0 Å². The number of hydrogen-bond acceptors (Lipinski definition) is 2. The largest absolute Gasteiger partial charge is 0.481 e. The molecule has 2 aliphatic rings. The first-order chi connectivity index (χ1) is 15.6. The molecule has 0 bridgehead atoms. The van der Waals surface area contributed by atoms with Gasteiger partial charge >= 0.3 is 11.9 Å². The highest BCUT2D eigenvalue weighted by atomic mass is 16.4. The van der Waals surface area contributed by atoms with Crippen molar-refractivity contribution in [3.63, 3.8) is 0 Å². The number of benzene rings is 4. The zero-order valence-corrected chi connectivity index (χ0v) is 16.9. The normalized spacial score (nSPS) is 15.6. The highest BCUT2D eigenvalue weighted by Gasteiger charge is 2.41. The van der Waals surface area contributed by atoms with Gasteiger partial charge in [0.05, 0.1) is 5.56 Å². The van der Waals surface area contributed by atoms with E-state index in [1.54, 1.807) is 18.2 Å². The van der Waals surface area contributed by atoms with Gasteiger partial charge in [0.2, 0.25) is 0 Å². The summed E-state index contributed by atoms with van der Waals surface area (Å²) < 4.78 is 0. The van der Waals surface area contributed by atoms with Crippen molar-refractivity contribution < 1.29 is 19.8 Å². The SMILES string of the molecule is O=C(O)c1ccc(C2c3ccccc3-c3ccccc32)c2c1C(C(=O)O)c1ccccc1-2. The maximum atomic E-state index is 12.3. The third-order valence-electron chi connectivity index (χ3n) is 6.73. The predicted octanol–water partition coefficient (Wildman–Crippen LogP) is 5.74. The van der Waals surface area contributed by atoms with E-state index in [0.717, 1.165) is 38.9 Å². The van der Waals surface area contributed by atoms with E-state index in [1.165, 1.54) is 0 Å². The molecule has 0 saturated carbocycles. The second kappa shape index (κ2) is 6.66. The molecule has 1 unspecified atom stereocenters. The molecule has 4 aromatic carbocycles. The van der Waals surface area contributed by atoms with Gasteiger partial charge in [-0.2, -0.15) is 0 Å². The Hall–Kier alpha value is -4.18. The van der Waals surface area contributed by atoms with Gasteiger partial charge in [-0.3, -0.25) is 4.79 Å². The maximum Gasteiger partial charge on any atom is 0.336 e. The van der Waals surface area contributed by atoms with Crippen molar-refractivity contribution in [2.75, 3.05) is 0 Å². The lowest BCUT2D eigenvalue weighted by molar-refractivity contribution is -0.137. The third kappa shape index (κ3) is 2.38. The minimum atomic E-state index is -1.11. The van der Waals surface area contributed by atoms with E-state index in [9.17, 15) is 19.8 Å². The summed E-state index contributed by atoms with van der Waals surface area (Å²) in [7, 11) is 0. The molecular weight excluding hydrogens is 400 g/mol. The summed E-state index contributed by atoms with van der Waals surface area (Å²) in [6.45, 7) is 0. The fourth-order valence-corrected chi connectivity index (χ4v) is 5.54. The molecule has 4 heteroatoms. The Morgan fingerprint density at radius 1 is 0.594 bits per heavy atom. The summed E-state index contributed by atoms with van der Waals surface area (Å²) in [5.74, 6) is -3.25. The predicted molar refractivity (Wildman–Crippen MR) is 121 cm³/mol. The Labute approximate surface area is 184 Å². The van der Waals surface area contributed by atoms with Gasteiger partial charge in [0, 0.05) is 5.92 Å². The number of hydrogen-bond donors (Lipinski definition) is 2. The van der Waals surface area contributed by atoms with Crippen molar-refractivity contribution in [3.8, 4) is 22.3 Å². The Bertz CT molecular complexity index is 1400. The molecule has 0 spiro atoms. The minimum absolute atomic E-state index is 0.0481. The summed E-state index contributed by atoms with van der Waals surface area (Å²) in [4.78, 5) is 24.5. The lowest BCUT2D eigenvalue weighted by Crippen LogP contribution is -2.15. The van der Waals surface area contributed by atoms with Gasteiger partial charge in [0.15, 0.2) is 0 Å². The van der Waals surface area contributed by atoms with Crippen LogP contribution in [0.4, 0.5) is 0 Å². The summed E-state index contributed by atoms with van der Waals surface area (Å²) >= 11 is 0. The Morgan fingerprint density at radius 2 is 1.12 bits per heavy atom. The monoisotopic (exact) mass is 418 g/mol. The molecule has 4 aromatic rings. The van der Waals surface area contributed by atoms with Gasteiger partial charge < -0.3 is 10.2 Å². The summed E-state index contributed by atoms with van der Waals surface area (Å²) in [5.41, 5.74) is 8.17. The van der Waals surface area contributed by atoms with Crippen LogP contribution in [0.1, 0.15) is 50.0 Å². The van der Waals surface area contributed by atoms with Crippen LogP contribution >= 0.6 is 0 Å². The summed E-state index contributed by atoms with van der Waals surface area (Å²) in [6, 6.07) is 27.3. The van der Waals surface area contributed by atoms with E-state index in [0.29, 0.717) is 11.1 Å². The van der Waals surface area contributed by atoms with Gasteiger partial charge in [0.25, 0.3) is 0 Å². The molecule has 0 amide bonds. The Balaban J connectivity index is 1.72. The van der Waals surface area contributed by atoms with Crippen LogP contribution < -0.4 is 0 Å². The van der Waals surface area contributed by atoms with E-state index < -0.39 is 17.9 Å². The molecule has 2 aliphatic carbocycles. The average molecular weight is 418 g/mol. The maximum absolute atomic E-state index is 12.3. The zero-order valence-electron chi connectivity index (χ0n) is 16.9. The van der Waals surface area contributed by atoms with E-state index in [-0.39, 0.29) is 11.5 Å². The Morgan fingerprint density at radius 3 is 1.69 bits per heavy atom. The van der Waals surface area contributed by atoms with Crippen LogP contribution in [0, 0.1) is 0 Å². The fourth-order valence-electron chi connectivity index (χ4n) is 5.54. The molecule has 0 fully saturated rings. The molecular formula is C28H18O4. The molecule has 2 N–H and O–H groups in total. The van der Waals surface area contributed by atoms with Crippen LogP contribution in [0.2, 0.25) is 0 Å². The molecule has 0 saturated heterocycles. The first-order valence-corrected chi connectivity index (χ1v) is 10.5. The average Bonchev–Trinajstić information content (AvgIpc) is 3.32. The lowest BCUT2D eigenvalue weighted by Gasteiger charge is -2.20. The molecule has 0 heterocycles. The standard InChI is InChI=1S/C28H18O4/c29-27(30)22-14-13-21(24-19-11-5-6-12-20(19)26(25(22)24)28(31)32)23-17-9-3-1-7-15(17)16-8-2-4-10-18(16)23/h1-14,23,26H,(H,29,30)(H,31,32). The molecule has 0 aliphatic heterocycles. The van der Waals surface area contributed by atoms with Crippen molar-refractivity contribution in [2.45, 2.75) is 11.8 Å². The van der Waals surface area contributed by atoms with Crippen LogP contribution in [-0.2, 0) is 4.79 Å². The number of aliphatic carboxylic acids is 1. The number of carboxylic acids is 2. The topological polar surface area (TPSA) is 74.6 Å². The number of rotatable bonds is 3. The number of carboxylic acid groups (broad SMARTS) is 2. The van der Waals surface area contributed by atoms with E-state index >= 15 is 0 Å². The minimum Gasteiger partial charge on any atom is -0.481 e. The molecule has 32 heavy (non-hydrogen) atoms. The van der Waals surface area contributed by atoms with E-state index in [4.69, 9.17) is 0 Å². The number of aromatic carboxylic acids is 1. The highest BCUT2D eigenvalue weighted by molar-refractivity contribution is 6.02. The quantitative estimate of drug-likeness (QED) is 0.392. The van der Waals surface area contributed by atoms with Gasteiger partial charge in [-0.25, -0.2) is 4.79 Å². The van der Waals surface area contributed by atoms with Crippen molar-refractivity contribution >= 4 is 11.9 Å². The first-order valence-electron chi connectivity index (χ1n) is 10.5. The second-order valence-corrected chi connectivity index (χ2v) is 8.26. The van der Waals surface area contributed by atoms with Crippen LogP contribution in [0.3, 0.4) is 0 Å². The fraction of sp³-hybridized carbons (Fsp3) is 0.0714. The van der Waals surface area contributed by atoms with Crippen molar-refractivity contribution in [3.05, 3.63) is 118 Å². The first kappa shape index (κ1) is 18.6. The van der Waals surface area contributed by atoms with Crippen LogP contribution in [0.5, 0.6) is 0 Å². The molecule has 0 aromatic heterocycles. The smallest absolute Gasteiger partial charge is 0.336 e. The van der Waals surface area contributed by atoms with Crippen molar-refractivity contribution in [2.24, 2.45) is 0 Å². The Kier molecular flexibility index (Phi) is 3.87. The summed E-state index contributed by atoms with van der Waals surface area (Å²) in [6.07, 6.45) is 0. The summed E-state index contributed by atoms with van der Waals surface area (Å²) in [5, 5.41) is 20.0. The van der Waals surface area contributed by atoms with Gasteiger partial charge in [-0.15, -0.1) is 0 Å². The van der Waals surface area contributed by atoms with Gasteiger partial charge in [-0.05, 0) is 56.1 Å². The van der Waals surface area contributed by atoms with Crippen LogP contribution in [0.25, 0.3) is 22.3 Å². The second-order valence-electron chi connectivity index (χ2n) is 8.26. The lowest BCUT2D eigenvalue weighted by atomic mass is 9.82. The number of fused-ring (bicyclic) bond motifs is 6. The van der Waals surface area contributed by atoms with Crippen LogP contribution in [0.15, 0.2) is 84.9 Å². The van der Waals surface area contributed by atoms with E-state index in [2.05, 4.69) is 24.3 Å². The van der Waals surface area contributed by atoms with Gasteiger partial charge in [0.1, 0.15) is 5.92 Å². The highest BCUT2D eigenvalue weighted by Crippen LogP contribution is 2.55. The molecule has 0 radical (unpaired) electrons. The third-order valence-corrected chi connectivity index (χ3v) is 6.73. The van der Waals surface area contributed by atoms with E-state index in [1.807, 2.05) is 42.5 Å². The molecule has 154 valence electrons. The van der Waals surface area contributed by atoms with Crippen molar-refractivity contribution in [1.29, 1.82) is 0 Å². The molecule has 6 rings (SSSR count). The molecule has 1 atom stereocenters. The van der Waals surface area contributed by atoms with Gasteiger partial charge in [-0.1, -0.05) is 78.9 Å².